The van der Waals surface area contributed by atoms with E-state index in [0.29, 0.717) is 5.92 Å². The highest BCUT2D eigenvalue weighted by Gasteiger charge is 2.21. The van der Waals surface area contributed by atoms with Crippen molar-refractivity contribution in [1.29, 1.82) is 0 Å². The standard InChI is InChI=1S/C13H18O2S/c14-13(11-6-8-15-9-7-11)10-16-12-4-2-1-3-5-12/h1-5,11,13-14H,6-10H2. The molecule has 2 nitrogen and oxygen atoms in total. The fourth-order valence-electron chi connectivity index (χ4n) is 1.93. The minimum absolute atomic E-state index is 0.200. The van der Waals surface area contributed by atoms with Gasteiger partial charge in [0.2, 0.25) is 0 Å². The molecule has 1 saturated heterocycles. The normalized spacial score (nSPS) is 19.6. The monoisotopic (exact) mass is 238 g/mol. The Balaban J connectivity index is 1.76. The lowest BCUT2D eigenvalue weighted by Gasteiger charge is -2.26. The summed E-state index contributed by atoms with van der Waals surface area (Å²) in [4.78, 5) is 1.23. The van der Waals surface area contributed by atoms with Gasteiger partial charge in [-0.15, -0.1) is 11.8 Å². The molecule has 0 amide bonds. The van der Waals surface area contributed by atoms with Crippen molar-refractivity contribution in [3.63, 3.8) is 0 Å². The first-order valence-electron chi connectivity index (χ1n) is 5.80. The number of aliphatic hydroxyl groups is 1. The van der Waals surface area contributed by atoms with Gasteiger partial charge < -0.3 is 9.84 Å². The molecule has 0 aliphatic carbocycles. The Labute approximate surface area is 101 Å². The van der Waals surface area contributed by atoms with Crippen LogP contribution in [-0.4, -0.2) is 30.2 Å². The SMILES string of the molecule is OC(CSc1ccccc1)C1CCOCC1. The molecule has 1 heterocycles. The highest BCUT2D eigenvalue weighted by atomic mass is 32.2. The van der Waals surface area contributed by atoms with E-state index < -0.39 is 0 Å². The average molecular weight is 238 g/mol. The van der Waals surface area contributed by atoms with Crippen molar-refractivity contribution in [1.82, 2.24) is 0 Å². The van der Waals surface area contributed by atoms with E-state index in [-0.39, 0.29) is 6.10 Å². The topological polar surface area (TPSA) is 29.5 Å². The molecule has 1 aliphatic rings. The first-order chi connectivity index (χ1) is 7.86. The zero-order valence-corrected chi connectivity index (χ0v) is 10.2. The fourth-order valence-corrected chi connectivity index (χ4v) is 2.92. The van der Waals surface area contributed by atoms with Crippen LogP contribution < -0.4 is 0 Å². The van der Waals surface area contributed by atoms with E-state index in [1.165, 1.54) is 4.90 Å². The maximum atomic E-state index is 10.1. The lowest BCUT2D eigenvalue weighted by atomic mass is 9.95. The summed E-state index contributed by atoms with van der Waals surface area (Å²) in [6.07, 6.45) is 1.79. The highest BCUT2D eigenvalue weighted by Crippen LogP contribution is 2.25. The van der Waals surface area contributed by atoms with Crippen LogP contribution in [0.4, 0.5) is 0 Å². The van der Waals surface area contributed by atoms with Crippen LogP contribution in [0.15, 0.2) is 35.2 Å². The largest absolute Gasteiger partial charge is 0.392 e. The summed E-state index contributed by atoms with van der Waals surface area (Å²) in [6, 6.07) is 10.2. The van der Waals surface area contributed by atoms with Crippen molar-refractivity contribution < 1.29 is 9.84 Å². The van der Waals surface area contributed by atoms with E-state index in [4.69, 9.17) is 4.74 Å². The van der Waals surface area contributed by atoms with Crippen LogP contribution in [0.5, 0.6) is 0 Å². The molecule has 0 saturated carbocycles. The fraction of sp³-hybridized carbons (Fsp3) is 0.538. The maximum absolute atomic E-state index is 10.1. The van der Waals surface area contributed by atoms with Crippen LogP contribution >= 0.6 is 11.8 Å². The molecule has 0 bridgehead atoms. The van der Waals surface area contributed by atoms with E-state index in [0.717, 1.165) is 31.8 Å². The molecule has 1 aliphatic heterocycles. The number of aliphatic hydroxyl groups excluding tert-OH is 1. The summed E-state index contributed by atoms with van der Waals surface area (Å²) < 4.78 is 5.29. The van der Waals surface area contributed by atoms with E-state index in [1.54, 1.807) is 11.8 Å². The van der Waals surface area contributed by atoms with Crippen LogP contribution in [0.3, 0.4) is 0 Å². The Morgan fingerprint density at radius 1 is 1.25 bits per heavy atom. The molecule has 1 unspecified atom stereocenters. The molecule has 0 spiro atoms. The van der Waals surface area contributed by atoms with Crippen molar-refractivity contribution in [3.05, 3.63) is 30.3 Å². The first-order valence-corrected chi connectivity index (χ1v) is 6.78. The lowest BCUT2D eigenvalue weighted by molar-refractivity contribution is 0.0169. The lowest BCUT2D eigenvalue weighted by Crippen LogP contribution is -2.28. The van der Waals surface area contributed by atoms with Gasteiger partial charge in [0.25, 0.3) is 0 Å². The van der Waals surface area contributed by atoms with Crippen molar-refractivity contribution in [2.24, 2.45) is 5.92 Å². The van der Waals surface area contributed by atoms with E-state index >= 15 is 0 Å². The molecule has 88 valence electrons. The molecule has 2 rings (SSSR count). The summed E-state index contributed by atoms with van der Waals surface area (Å²) in [7, 11) is 0. The molecule has 1 atom stereocenters. The second-order valence-electron chi connectivity index (χ2n) is 4.14. The predicted molar refractivity (Wildman–Crippen MR) is 66.7 cm³/mol. The van der Waals surface area contributed by atoms with E-state index in [9.17, 15) is 5.11 Å². The Hall–Kier alpha value is -0.510. The first kappa shape index (κ1) is 12.0. The number of hydrogen-bond donors (Lipinski definition) is 1. The van der Waals surface area contributed by atoms with E-state index in [2.05, 4.69) is 12.1 Å². The Kier molecular flexibility index (Phi) is 4.69. The minimum atomic E-state index is -0.200. The van der Waals surface area contributed by atoms with Crippen LogP contribution in [0.25, 0.3) is 0 Å². The Morgan fingerprint density at radius 2 is 1.94 bits per heavy atom. The molecular weight excluding hydrogens is 220 g/mol. The van der Waals surface area contributed by atoms with Gasteiger partial charge in [0, 0.05) is 23.9 Å². The molecule has 1 N–H and O–H groups in total. The molecule has 16 heavy (non-hydrogen) atoms. The highest BCUT2D eigenvalue weighted by molar-refractivity contribution is 7.99. The second-order valence-corrected chi connectivity index (χ2v) is 5.23. The maximum Gasteiger partial charge on any atom is 0.0663 e. The van der Waals surface area contributed by atoms with Crippen LogP contribution in [-0.2, 0) is 4.74 Å². The van der Waals surface area contributed by atoms with Gasteiger partial charge in [0.05, 0.1) is 6.10 Å². The molecule has 1 aromatic carbocycles. The Morgan fingerprint density at radius 3 is 2.62 bits per heavy atom. The number of hydrogen-bond acceptors (Lipinski definition) is 3. The summed E-state index contributed by atoms with van der Waals surface area (Å²) in [5, 5.41) is 10.1. The van der Waals surface area contributed by atoms with Gasteiger partial charge >= 0.3 is 0 Å². The number of benzene rings is 1. The molecular formula is C13H18O2S. The van der Waals surface area contributed by atoms with Gasteiger partial charge in [0.15, 0.2) is 0 Å². The number of thioether (sulfide) groups is 1. The zero-order valence-electron chi connectivity index (χ0n) is 9.34. The molecule has 0 radical (unpaired) electrons. The third-order valence-electron chi connectivity index (χ3n) is 2.97. The predicted octanol–water partition coefficient (Wildman–Crippen LogP) is 2.57. The van der Waals surface area contributed by atoms with Crippen LogP contribution in [0.2, 0.25) is 0 Å². The van der Waals surface area contributed by atoms with Gasteiger partial charge in [-0.25, -0.2) is 0 Å². The molecule has 3 heteroatoms. The van der Waals surface area contributed by atoms with Gasteiger partial charge in [-0.05, 0) is 30.9 Å². The van der Waals surface area contributed by atoms with Gasteiger partial charge in [-0.3, -0.25) is 0 Å². The van der Waals surface area contributed by atoms with Crippen LogP contribution in [0.1, 0.15) is 12.8 Å². The molecule has 1 fully saturated rings. The van der Waals surface area contributed by atoms with Crippen LogP contribution in [0, 0.1) is 5.92 Å². The smallest absolute Gasteiger partial charge is 0.0663 e. The van der Waals surface area contributed by atoms with Crippen molar-refractivity contribution in [2.75, 3.05) is 19.0 Å². The van der Waals surface area contributed by atoms with E-state index in [1.807, 2.05) is 18.2 Å². The van der Waals surface area contributed by atoms with Gasteiger partial charge in [-0.1, -0.05) is 18.2 Å². The van der Waals surface area contributed by atoms with Gasteiger partial charge in [0.1, 0.15) is 0 Å². The summed E-state index contributed by atoms with van der Waals surface area (Å²) >= 11 is 1.73. The average Bonchev–Trinajstić information content (AvgIpc) is 2.38. The molecule has 1 aromatic rings. The zero-order chi connectivity index (χ0) is 11.2. The number of rotatable bonds is 4. The van der Waals surface area contributed by atoms with Crippen molar-refractivity contribution in [3.8, 4) is 0 Å². The third kappa shape index (κ3) is 3.51. The summed E-state index contributed by atoms with van der Waals surface area (Å²) in [5.41, 5.74) is 0. The summed E-state index contributed by atoms with van der Waals surface area (Å²) in [6.45, 7) is 1.61. The Bertz CT molecular complexity index is 296. The van der Waals surface area contributed by atoms with Crippen molar-refractivity contribution in [2.45, 2.75) is 23.8 Å². The second kappa shape index (κ2) is 6.28. The van der Waals surface area contributed by atoms with Crippen molar-refractivity contribution >= 4 is 11.8 Å². The van der Waals surface area contributed by atoms with Gasteiger partial charge in [-0.2, -0.15) is 0 Å². The number of ether oxygens (including phenoxy) is 1. The summed E-state index contributed by atoms with van der Waals surface area (Å²) in [5.74, 6) is 1.21. The minimum Gasteiger partial charge on any atom is -0.392 e. The third-order valence-corrected chi connectivity index (χ3v) is 4.09. The molecule has 0 aromatic heterocycles. The quantitative estimate of drug-likeness (QED) is 0.818.